The van der Waals surface area contributed by atoms with Crippen LogP contribution >= 0.6 is 0 Å². The Bertz CT molecular complexity index is 2430. The van der Waals surface area contributed by atoms with Crippen molar-refractivity contribution >= 4 is 47.0 Å². The number of likely N-dealkylation sites (tertiary alicyclic amines) is 1. The number of ether oxygens (including phenoxy) is 3. The Morgan fingerprint density at radius 1 is 0.753 bits per heavy atom. The second kappa shape index (κ2) is 33.8. The number of hydrogen-bond acceptors (Lipinski definition) is 12. The minimum atomic E-state index is -0.674. The molecule has 3 aromatic rings. The number of carbonyl (C=O) groups excluding carboxylic acids is 7. The van der Waals surface area contributed by atoms with Gasteiger partial charge in [-0.25, -0.2) is 4.79 Å². The number of Topliss-reactive ketones (excluding diaryl/α,β-unsaturated/α-hetero) is 2. The molecule has 4 rings (SSSR count). The van der Waals surface area contributed by atoms with E-state index in [0.717, 1.165) is 29.5 Å². The second-order valence-corrected chi connectivity index (χ2v) is 23.2. The molecule has 0 radical (unpaired) electrons. The van der Waals surface area contributed by atoms with E-state index in [1.165, 1.54) is 0 Å². The average molecular weight is 1120 g/mol. The molecule has 5 amide bonds. The highest BCUT2D eigenvalue weighted by Gasteiger charge is 2.42. The molecule has 1 heterocycles. The number of nitrogens with one attached hydrogen (secondary N) is 3. The summed E-state index contributed by atoms with van der Waals surface area (Å²) in [6, 6.07) is 24.1. The third-order valence-corrected chi connectivity index (χ3v) is 16.5. The van der Waals surface area contributed by atoms with Crippen LogP contribution in [-0.4, -0.2) is 141 Å². The quantitative estimate of drug-likeness (QED) is 0.0321. The fourth-order valence-corrected chi connectivity index (χ4v) is 11.9. The number of carbonyl (C=O) groups is 7. The van der Waals surface area contributed by atoms with E-state index in [0.29, 0.717) is 44.5 Å². The number of likely N-dealkylation sites (N-methyl/N-ethyl adjacent to an activating group) is 2. The molecule has 1 aliphatic heterocycles. The monoisotopic (exact) mass is 1120 g/mol. The number of rotatable bonds is 35. The molecule has 17 nitrogen and oxygen atoms in total. The number of hydrogen-bond donors (Lipinski definition) is 4. The summed E-state index contributed by atoms with van der Waals surface area (Å²) in [6.45, 7) is 17.0. The van der Waals surface area contributed by atoms with Crippen molar-refractivity contribution in [1.29, 1.82) is 0 Å². The lowest BCUT2D eigenvalue weighted by Gasteiger charge is -2.40. The maximum atomic E-state index is 14.8. The van der Waals surface area contributed by atoms with Crippen LogP contribution in [0.25, 0.3) is 0 Å². The van der Waals surface area contributed by atoms with Gasteiger partial charge in [-0.1, -0.05) is 135 Å². The predicted molar refractivity (Wildman–Crippen MR) is 318 cm³/mol. The van der Waals surface area contributed by atoms with Crippen LogP contribution in [0.4, 0.5) is 10.5 Å². The van der Waals surface area contributed by atoms with Crippen LogP contribution < -0.4 is 21.7 Å². The highest BCUT2D eigenvalue weighted by Crippen LogP contribution is 2.36. The van der Waals surface area contributed by atoms with E-state index in [9.17, 15) is 33.6 Å². The van der Waals surface area contributed by atoms with E-state index in [4.69, 9.17) is 19.9 Å². The minimum absolute atomic E-state index is 0.00594. The molecule has 448 valence electrons. The summed E-state index contributed by atoms with van der Waals surface area (Å²) in [7, 11) is 8.74. The number of primary amides is 1. The van der Waals surface area contributed by atoms with Gasteiger partial charge in [0.05, 0.1) is 49.2 Å². The Balaban J connectivity index is 1.48. The zero-order valence-electron chi connectivity index (χ0n) is 50.8. The molecule has 0 spiro atoms. The van der Waals surface area contributed by atoms with Crippen LogP contribution in [0.5, 0.6) is 0 Å². The fraction of sp³-hybridized carbons (Fsp3) is 0.609. The lowest BCUT2D eigenvalue weighted by atomic mass is 9.83. The first kappa shape index (κ1) is 67.5. The Kier molecular flexibility index (Phi) is 28.2. The van der Waals surface area contributed by atoms with Crippen LogP contribution in [0.15, 0.2) is 84.9 Å². The molecule has 0 saturated carbocycles. The normalized spacial score (nSPS) is 17.5. The van der Waals surface area contributed by atoms with Crippen molar-refractivity contribution in [2.45, 2.75) is 162 Å². The number of nitrogens with zero attached hydrogens (tertiary/aromatic N) is 3. The first-order chi connectivity index (χ1) is 38.6. The standard InChI is InChI=1S/C64H97N7O10/c1-14-43(7)59(70(11)63(77)51(41(3)4)37-54(73)58(42(5)6)69(9)10)55(79-12)36-50(72)39-71-35-23-29-53(71)60(80-13)44(8)61(75)68-57(48-26-20-17-21-27-48)52(47-24-18-16-19-25-47)38-56(74)81-40-45-30-32-49(33-31-45)67-62(76)46(15-2)28-22-34-66-64(65)78/h16-21,24-27,30-33,41-44,46,51-53,55,57-60H,14-15,22-23,28-29,34-40H2,1-13H3,(H,67,76)(H,68,75)(H3,65,66,78)/t43-,44+,46+,51-,52+,53-,55+,57-,58-,59-,60+/m1/s1. The van der Waals surface area contributed by atoms with Gasteiger partial charge in [0, 0.05) is 70.1 Å². The van der Waals surface area contributed by atoms with Gasteiger partial charge in [-0.05, 0) is 99.3 Å². The van der Waals surface area contributed by atoms with Gasteiger partial charge in [0.1, 0.15) is 12.4 Å². The fourth-order valence-electron chi connectivity index (χ4n) is 11.9. The summed E-state index contributed by atoms with van der Waals surface area (Å²) in [6.07, 6.45) is 3.05. The van der Waals surface area contributed by atoms with Crippen molar-refractivity contribution in [2.24, 2.45) is 41.2 Å². The maximum absolute atomic E-state index is 14.8. The van der Waals surface area contributed by atoms with Crippen molar-refractivity contribution in [3.05, 3.63) is 102 Å². The largest absolute Gasteiger partial charge is 0.461 e. The van der Waals surface area contributed by atoms with Crippen molar-refractivity contribution in [2.75, 3.05) is 60.3 Å². The highest BCUT2D eigenvalue weighted by molar-refractivity contribution is 5.92. The van der Waals surface area contributed by atoms with Crippen molar-refractivity contribution in [1.82, 2.24) is 25.3 Å². The van der Waals surface area contributed by atoms with Gasteiger partial charge in [-0.3, -0.25) is 38.6 Å². The van der Waals surface area contributed by atoms with Crippen molar-refractivity contribution in [3.8, 4) is 0 Å². The summed E-state index contributed by atoms with van der Waals surface area (Å²) in [4.78, 5) is 101. The number of nitrogens with two attached hydrogens (primary N) is 1. The molecule has 1 aliphatic rings. The van der Waals surface area contributed by atoms with Crippen LogP contribution in [0.2, 0.25) is 0 Å². The number of esters is 1. The molecule has 17 heteroatoms. The molecule has 1 fully saturated rings. The maximum Gasteiger partial charge on any atom is 0.312 e. The third-order valence-electron chi connectivity index (χ3n) is 16.5. The summed E-state index contributed by atoms with van der Waals surface area (Å²) in [5, 5.41) is 8.86. The van der Waals surface area contributed by atoms with Crippen LogP contribution in [-0.2, 0) is 49.6 Å². The van der Waals surface area contributed by atoms with E-state index in [-0.39, 0.29) is 97.5 Å². The molecule has 1 saturated heterocycles. The van der Waals surface area contributed by atoms with E-state index < -0.39 is 54.0 Å². The Hall–Kier alpha value is -6.01. The van der Waals surface area contributed by atoms with E-state index in [1.807, 2.05) is 121 Å². The number of ketones is 2. The van der Waals surface area contributed by atoms with E-state index >= 15 is 0 Å². The SMILES string of the molecule is CC[C@@H](CCCNC(N)=O)C(=O)Nc1ccc(COC(=O)C[C@@H](c2ccccc2)[C@H](NC(=O)[C@@H](C)[C@H](OC)[C@H]2CCCN2CC(=O)C[C@H](OC)[C@@H]([C@H](C)CC)N(C)C(=O)[C@H](CC(=O)[C@@H](C(C)C)N(C)C)C(C)C)c2ccccc2)cc1. The second-order valence-electron chi connectivity index (χ2n) is 23.2. The molecule has 5 N–H and O–H groups in total. The van der Waals surface area contributed by atoms with E-state index in [2.05, 4.69) is 34.7 Å². The van der Waals surface area contributed by atoms with Crippen LogP contribution in [0.3, 0.4) is 0 Å². The third kappa shape index (κ3) is 20.1. The predicted octanol–water partition coefficient (Wildman–Crippen LogP) is 8.95. The van der Waals surface area contributed by atoms with Crippen molar-refractivity contribution < 1.29 is 47.8 Å². The first-order valence-corrected chi connectivity index (χ1v) is 29.3. The lowest BCUT2D eigenvalue weighted by molar-refractivity contribution is -0.146. The molecule has 0 unspecified atom stereocenters. The molecular weight excluding hydrogens is 1030 g/mol. The lowest BCUT2D eigenvalue weighted by Crippen LogP contribution is -2.53. The first-order valence-electron chi connectivity index (χ1n) is 29.3. The Labute approximate surface area is 483 Å². The molecular formula is C64H97N7O10. The van der Waals surface area contributed by atoms with Gasteiger partial charge < -0.3 is 40.8 Å². The summed E-state index contributed by atoms with van der Waals surface area (Å²) in [5.74, 6) is -3.00. The van der Waals surface area contributed by atoms with Crippen LogP contribution in [0, 0.1) is 35.5 Å². The van der Waals surface area contributed by atoms with Gasteiger partial charge in [0.15, 0.2) is 5.78 Å². The molecule has 81 heavy (non-hydrogen) atoms. The number of methoxy groups -OCH3 is 2. The number of benzene rings is 3. The Morgan fingerprint density at radius 3 is 1.93 bits per heavy atom. The summed E-state index contributed by atoms with van der Waals surface area (Å²) >= 11 is 0. The summed E-state index contributed by atoms with van der Waals surface area (Å²) in [5.41, 5.74) is 8.14. The molecule has 0 bridgehead atoms. The van der Waals surface area contributed by atoms with Gasteiger partial charge in [0.25, 0.3) is 0 Å². The topological polar surface area (TPSA) is 219 Å². The highest BCUT2D eigenvalue weighted by atomic mass is 16.5. The molecule has 11 atom stereocenters. The number of anilines is 1. The van der Waals surface area contributed by atoms with Gasteiger partial charge >= 0.3 is 12.0 Å². The van der Waals surface area contributed by atoms with Gasteiger partial charge in [-0.15, -0.1) is 0 Å². The smallest absolute Gasteiger partial charge is 0.312 e. The van der Waals surface area contributed by atoms with E-state index in [1.54, 1.807) is 50.4 Å². The van der Waals surface area contributed by atoms with Gasteiger partial charge in [-0.2, -0.15) is 0 Å². The molecule has 3 aromatic carbocycles. The minimum Gasteiger partial charge on any atom is -0.461 e. The molecule has 0 aromatic heterocycles. The van der Waals surface area contributed by atoms with Crippen LogP contribution in [0.1, 0.15) is 142 Å². The summed E-state index contributed by atoms with van der Waals surface area (Å²) < 4.78 is 18.2. The zero-order valence-corrected chi connectivity index (χ0v) is 50.8. The number of amides is 5. The number of urea groups is 1. The Morgan fingerprint density at radius 2 is 1.38 bits per heavy atom. The van der Waals surface area contributed by atoms with Gasteiger partial charge in [0.2, 0.25) is 17.7 Å². The average Bonchev–Trinajstić information content (AvgIpc) is 3.94. The van der Waals surface area contributed by atoms with Crippen molar-refractivity contribution in [3.63, 3.8) is 0 Å². The molecule has 0 aliphatic carbocycles. The zero-order chi connectivity index (χ0) is 59.9.